The molecule has 1 heterocycles. The van der Waals surface area contributed by atoms with Gasteiger partial charge in [-0.2, -0.15) is 5.10 Å². The molecule has 3 rings (SSSR count). The van der Waals surface area contributed by atoms with E-state index in [2.05, 4.69) is 10.1 Å². The van der Waals surface area contributed by atoms with Crippen molar-refractivity contribution in [2.24, 2.45) is 5.10 Å². The molecule has 0 radical (unpaired) electrons. The molecule has 0 spiro atoms. The first-order valence-corrected chi connectivity index (χ1v) is 8.82. The van der Waals surface area contributed by atoms with Crippen LogP contribution in [0.25, 0.3) is 0 Å². The van der Waals surface area contributed by atoms with Crippen LogP contribution < -0.4 is 5.73 Å². The summed E-state index contributed by atoms with van der Waals surface area (Å²) in [6, 6.07) is 14.8. The zero-order valence-electron chi connectivity index (χ0n) is 14.1. The molecule has 0 aliphatic heterocycles. The lowest BCUT2D eigenvalue weighted by Gasteiger charge is -2.06. The van der Waals surface area contributed by atoms with Crippen LogP contribution in [0.1, 0.15) is 16.8 Å². The first-order chi connectivity index (χ1) is 12.5. The van der Waals surface area contributed by atoms with Crippen molar-refractivity contribution in [3.63, 3.8) is 0 Å². The molecule has 3 aromatic rings. The van der Waals surface area contributed by atoms with Crippen LogP contribution in [0.3, 0.4) is 0 Å². The average molecular weight is 367 g/mol. The van der Waals surface area contributed by atoms with Crippen LogP contribution in [-0.4, -0.2) is 20.8 Å². The number of thioether (sulfide) groups is 1. The van der Waals surface area contributed by atoms with Crippen molar-refractivity contribution < 1.29 is 4.92 Å². The van der Waals surface area contributed by atoms with Gasteiger partial charge in [0.25, 0.3) is 5.69 Å². The minimum Gasteiger partial charge on any atom is -0.368 e. The van der Waals surface area contributed by atoms with Crippen molar-refractivity contribution in [2.45, 2.75) is 17.6 Å². The topological polar surface area (TPSA) is 99.3 Å². The number of nitrogens with two attached hydrogens (primary N) is 1. The SMILES string of the molecule is Cc1cn(N=Cc2cc([N+](=O)[O-])ccc2SCc2ccccc2)c(N)n1. The van der Waals surface area contributed by atoms with E-state index in [1.165, 1.54) is 22.4 Å². The van der Waals surface area contributed by atoms with E-state index in [9.17, 15) is 10.1 Å². The minimum atomic E-state index is -0.418. The maximum atomic E-state index is 11.1. The molecule has 0 amide bonds. The van der Waals surface area contributed by atoms with Gasteiger partial charge in [-0.3, -0.25) is 10.1 Å². The molecule has 2 aromatic carbocycles. The maximum absolute atomic E-state index is 11.1. The highest BCUT2D eigenvalue weighted by Crippen LogP contribution is 2.28. The number of non-ortho nitro benzene ring substituents is 1. The average Bonchev–Trinajstić information content (AvgIpc) is 2.96. The van der Waals surface area contributed by atoms with Crippen molar-refractivity contribution in [1.82, 2.24) is 9.66 Å². The van der Waals surface area contributed by atoms with E-state index in [4.69, 9.17) is 5.73 Å². The summed E-state index contributed by atoms with van der Waals surface area (Å²) in [7, 11) is 0. The molecule has 2 N–H and O–H groups in total. The monoisotopic (exact) mass is 367 g/mol. The number of imidazole rings is 1. The zero-order valence-corrected chi connectivity index (χ0v) is 14.9. The molecule has 0 aliphatic carbocycles. The van der Waals surface area contributed by atoms with E-state index in [0.717, 1.165) is 16.3 Å². The Morgan fingerprint density at radius 3 is 2.73 bits per heavy atom. The number of hydrogen-bond acceptors (Lipinski definition) is 6. The predicted octanol–water partition coefficient (Wildman–Crippen LogP) is 3.86. The van der Waals surface area contributed by atoms with E-state index in [1.54, 1.807) is 30.2 Å². The number of benzene rings is 2. The minimum absolute atomic E-state index is 0.0188. The summed E-state index contributed by atoms with van der Waals surface area (Å²) < 4.78 is 1.44. The third-order valence-electron chi connectivity index (χ3n) is 3.60. The third kappa shape index (κ3) is 4.28. The first-order valence-electron chi connectivity index (χ1n) is 7.84. The summed E-state index contributed by atoms with van der Waals surface area (Å²) in [5.41, 5.74) is 8.38. The highest BCUT2D eigenvalue weighted by atomic mass is 32.2. The molecule has 0 saturated carbocycles. The number of hydrogen-bond donors (Lipinski definition) is 1. The lowest BCUT2D eigenvalue weighted by Crippen LogP contribution is -1.98. The van der Waals surface area contributed by atoms with Crippen molar-refractivity contribution in [3.8, 4) is 0 Å². The Morgan fingerprint density at radius 2 is 2.08 bits per heavy atom. The van der Waals surface area contributed by atoms with Gasteiger partial charge in [0, 0.05) is 28.3 Å². The second-order valence-corrected chi connectivity index (χ2v) is 6.60. The summed E-state index contributed by atoms with van der Waals surface area (Å²) in [6.45, 7) is 1.82. The third-order valence-corrected chi connectivity index (χ3v) is 4.76. The van der Waals surface area contributed by atoms with Crippen LogP contribution in [0.15, 0.2) is 64.7 Å². The highest BCUT2D eigenvalue weighted by molar-refractivity contribution is 7.98. The van der Waals surface area contributed by atoms with E-state index in [-0.39, 0.29) is 11.6 Å². The van der Waals surface area contributed by atoms with Gasteiger partial charge in [0.15, 0.2) is 0 Å². The lowest BCUT2D eigenvalue weighted by atomic mass is 10.2. The fourth-order valence-corrected chi connectivity index (χ4v) is 3.30. The van der Waals surface area contributed by atoms with Gasteiger partial charge < -0.3 is 5.73 Å². The quantitative estimate of drug-likeness (QED) is 0.309. The zero-order chi connectivity index (χ0) is 18.5. The summed E-state index contributed by atoms with van der Waals surface area (Å²) in [6.07, 6.45) is 3.26. The summed E-state index contributed by atoms with van der Waals surface area (Å²) in [5.74, 6) is 1.02. The number of nitro groups is 1. The van der Waals surface area contributed by atoms with Crippen LogP contribution in [0.2, 0.25) is 0 Å². The fourth-order valence-electron chi connectivity index (χ4n) is 2.34. The summed E-state index contributed by atoms with van der Waals surface area (Å²) in [5, 5.41) is 15.4. The molecule has 0 aliphatic rings. The fraction of sp³-hybridized carbons (Fsp3) is 0.111. The Bertz CT molecular complexity index is 953. The van der Waals surface area contributed by atoms with Gasteiger partial charge in [-0.1, -0.05) is 30.3 Å². The Labute approximate surface area is 154 Å². The Hall–Kier alpha value is -3.13. The van der Waals surface area contributed by atoms with Gasteiger partial charge in [-0.05, 0) is 18.6 Å². The lowest BCUT2D eigenvalue weighted by molar-refractivity contribution is -0.384. The standard InChI is InChI=1S/C18H17N5O2S/c1-13-11-22(18(19)21-13)20-10-15-9-16(23(24)25)7-8-17(15)26-12-14-5-3-2-4-6-14/h2-11H,12H2,1H3,(H2,19,21). The Kier molecular flexibility index (Phi) is 5.33. The number of aryl methyl sites for hydroxylation is 1. The number of nitrogens with zero attached hydrogens (tertiary/aromatic N) is 4. The van der Waals surface area contributed by atoms with E-state index < -0.39 is 4.92 Å². The van der Waals surface area contributed by atoms with Gasteiger partial charge in [-0.15, -0.1) is 11.8 Å². The smallest absolute Gasteiger partial charge is 0.270 e. The van der Waals surface area contributed by atoms with Gasteiger partial charge in [0.1, 0.15) is 0 Å². The van der Waals surface area contributed by atoms with Crippen molar-refractivity contribution in [1.29, 1.82) is 0 Å². The molecule has 7 nitrogen and oxygen atoms in total. The van der Waals surface area contributed by atoms with Crippen LogP contribution in [0, 0.1) is 17.0 Å². The molecule has 0 atom stereocenters. The molecule has 0 saturated heterocycles. The highest BCUT2D eigenvalue weighted by Gasteiger charge is 2.11. The van der Waals surface area contributed by atoms with E-state index in [0.29, 0.717) is 5.56 Å². The van der Waals surface area contributed by atoms with Gasteiger partial charge >= 0.3 is 0 Å². The van der Waals surface area contributed by atoms with Gasteiger partial charge in [0.05, 0.1) is 23.0 Å². The second-order valence-electron chi connectivity index (χ2n) is 5.58. The Balaban J connectivity index is 1.88. The van der Waals surface area contributed by atoms with E-state index >= 15 is 0 Å². The molecule has 1 aromatic heterocycles. The molecule has 0 unspecified atom stereocenters. The molecule has 0 bridgehead atoms. The first kappa shape index (κ1) is 17.7. The predicted molar refractivity (Wildman–Crippen MR) is 103 cm³/mol. The summed E-state index contributed by atoms with van der Waals surface area (Å²) in [4.78, 5) is 15.7. The molecule has 0 fully saturated rings. The van der Waals surface area contributed by atoms with Crippen molar-refractivity contribution in [3.05, 3.63) is 81.7 Å². The molecule has 8 heteroatoms. The normalized spacial score (nSPS) is 11.1. The van der Waals surface area contributed by atoms with Crippen molar-refractivity contribution >= 4 is 29.6 Å². The second kappa shape index (κ2) is 7.83. The van der Waals surface area contributed by atoms with Gasteiger partial charge in [-0.25, -0.2) is 9.66 Å². The number of nitrogen functional groups attached to an aromatic ring is 1. The van der Waals surface area contributed by atoms with Crippen LogP contribution in [0.4, 0.5) is 11.6 Å². The maximum Gasteiger partial charge on any atom is 0.270 e. The Morgan fingerprint density at radius 1 is 1.31 bits per heavy atom. The molecular formula is C18H17N5O2S. The van der Waals surface area contributed by atoms with Crippen LogP contribution >= 0.6 is 11.8 Å². The molecule has 132 valence electrons. The number of anilines is 1. The van der Waals surface area contributed by atoms with Gasteiger partial charge in [0.2, 0.25) is 5.95 Å². The number of rotatable bonds is 6. The number of nitro benzene ring substituents is 1. The molecular weight excluding hydrogens is 350 g/mol. The van der Waals surface area contributed by atoms with Crippen LogP contribution in [0.5, 0.6) is 0 Å². The largest absolute Gasteiger partial charge is 0.368 e. The summed E-state index contributed by atoms with van der Waals surface area (Å²) >= 11 is 1.60. The van der Waals surface area contributed by atoms with E-state index in [1.807, 2.05) is 37.3 Å². The van der Waals surface area contributed by atoms with Crippen molar-refractivity contribution in [2.75, 3.05) is 5.73 Å². The molecule has 26 heavy (non-hydrogen) atoms. The number of aromatic nitrogens is 2. The van der Waals surface area contributed by atoms with Crippen LogP contribution in [-0.2, 0) is 5.75 Å².